The molecule has 15 heavy (non-hydrogen) atoms. The minimum atomic E-state index is 0.300. The average Bonchev–Trinajstić information content (AvgIpc) is 2.76. The maximum atomic E-state index is 10.0. The summed E-state index contributed by atoms with van der Waals surface area (Å²) in [6.45, 7) is 0.746. The fourth-order valence-electron chi connectivity index (χ4n) is 1.20. The van der Waals surface area contributed by atoms with Gasteiger partial charge in [0.25, 0.3) is 6.47 Å². The minimum absolute atomic E-state index is 0.300. The topological polar surface area (TPSA) is 39.2 Å². The Morgan fingerprint density at radius 2 is 2.13 bits per heavy atom. The van der Waals surface area contributed by atoms with Crippen molar-refractivity contribution in [3.05, 3.63) is 41.4 Å². The number of carbonyl (C=O) groups is 1. The van der Waals surface area contributed by atoms with Gasteiger partial charge >= 0.3 is 0 Å². The highest BCUT2D eigenvalue weighted by atomic mass is 32.1. The quantitative estimate of drug-likeness (QED) is 0.741. The number of carbonyl (C=O) groups excluding carboxylic acids is 1. The van der Waals surface area contributed by atoms with Crippen LogP contribution in [0.15, 0.2) is 36.5 Å². The smallest absolute Gasteiger partial charge is 0.293 e. The van der Waals surface area contributed by atoms with Crippen LogP contribution in [-0.4, -0.2) is 11.5 Å². The fraction of sp³-hybridized carbons (Fsp3) is 0.0909. The third-order valence-corrected chi connectivity index (χ3v) is 2.89. The Labute approximate surface area is 91.4 Å². The molecule has 0 saturated carbocycles. The molecule has 3 nitrogen and oxygen atoms in total. The molecule has 1 aromatic heterocycles. The summed E-state index contributed by atoms with van der Waals surface area (Å²) in [6.07, 6.45) is 1.73. The van der Waals surface area contributed by atoms with Crippen LogP contribution >= 0.6 is 11.3 Å². The summed E-state index contributed by atoms with van der Waals surface area (Å²) in [5.41, 5.74) is 1.08. The Morgan fingerprint density at radius 3 is 2.87 bits per heavy atom. The van der Waals surface area contributed by atoms with Gasteiger partial charge in [0.2, 0.25) is 0 Å². The lowest BCUT2D eigenvalue weighted by Gasteiger charge is -1.93. The van der Waals surface area contributed by atoms with Gasteiger partial charge in [-0.2, -0.15) is 0 Å². The van der Waals surface area contributed by atoms with Gasteiger partial charge in [0, 0.05) is 11.8 Å². The molecule has 2 aromatic rings. The molecule has 0 radical (unpaired) electrons. The molecule has 0 unspecified atom stereocenters. The van der Waals surface area contributed by atoms with Crippen LogP contribution in [0.4, 0.5) is 0 Å². The second-order valence-corrected chi connectivity index (χ2v) is 4.02. The number of benzene rings is 1. The van der Waals surface area contributed by atoms with Crippen LogP contribution in [0.1, 0.15) is 4.88 Å². The predicted molar refractivity (Wildman–Crippen MR) is 58.4 cm³/mol. The van der Waals surface area contributed by atoms with Gasteiger partial charge in [-0.25, -0.2) is 4.98 Å². The van der Waals surface area contributed by atoms with Crippen LogP contribution in [0.25, 0.3) is 10.6 Å². The number of hydrogen-bond acceptors (Lipinski definition) is 4. The zero-order valence-corrected chi connectivity index (χ0v) is 8.74. The molecule has 0 saturated heterocycles. The number of aromatic nitrogens is 1. The molecule has 1 heterocycles. The van der Waals surface area contributed by atoms with Crippen LogP contribution in [-0.2, 0) is 16.1 Å². The molecule has 2 rings (SSSR count). The molecule has 0 bridgehead atoms. The summed E-state index contributed by atoms with van der Waals surface area (Å²) < 4.78 is 4.66. The van der Waals surface area contributed by atoms with Gasteiger partial charge in [-0.15, -0.1) is 11.3 Å². The van der Waals surface area contributed by atoms with E-state index in [2.05, 4.69) is 9.72 Å². The highest BCUT2D eigenvalue weighted by Crippen LogP contribution is 2.24. The van der Waals surface area contributed by atoms with Crippen molar-refractivity contribution in [2.75, 3.05) is 0 Å². The summed E-state index contributed by atoms with van der Waals surface area (Å²) in [6, 6.07) is 9.91. The van der Waals surface area contributed by atoms with E-state index in [0.717, 1.165) is 15.4 Å². The molecule has 76 valence electrons. The van der Waals surface area contributed by atoms with Crippen molar-refractivity contribution in [3.63, 3.8) is 0 Å². The van der Waals surface area contributed by atoms with Crippen molar-refractivity contribution in [3.8, 4) is 10.6 Å². The van der Waals surface area contributed by atoms with Crippen LogP contribution < -0.4 is 0 Å². The summed E-state index contributed by atoms with van der Waals surface area (Å²) >= 11 is 1.53. The monoisotopic (exact) mass is 219 g/mol. The Balaban J connectivity index is 2.17. The van der Waals surface area contributed by atoms with Gasteiger partial charge in [-0.1, -0.05) is 30.3 Å². The summed E-state index contributed by atoms with van der Waals surface area (Å²) in [4.78, 5) is 15.2. The van der Waals surface area contributed by atoms with Gasteiger partial charge in [0.1, 0.15) is 11.6 Å². The Morgan fingerprint density at radius 1 is 1.33 bits per heavy atom. The first-order valence-corrected chi connectivity index (χ1v) is 5.27. The number of thiazole rings is 1. The van der Waals surface area contributed by atoms with Crippen molar-refractivity contribution >= 4 is 17.8 Å². The summed E-state index contributed by atoms with van der Waals surface area (Å²) in [5, 5.41) is 0.945. The van der Waals surface area contributed by atoms with E-state index in [9.17, 15) is 4.79 Å². The number of hydrogen-bond donors (Lipinski definition) is 0. The molecule has 0 fully saturated rings. The van der Waals surface area contributed by atoms with Crippen molar-refractivity contribution < 1.29 is 9.53 Å². The number of nitrogens with zero attached hydrogens (tertiary/aromatic N) is 1. The van der Waals surface area contributed by atoms with Crippen LogP contribution in [0.5, 0.6) is 0 Å². The van der Waals surface area contributed by atoms with E-state index < -0.39 is 0 Å². The molecule has 0 atom stereocenters. The third kappa shape index (κ3) is 2.41. The molecule has 1 aromatic carbocycles. The normalized spacial score (nSPS) is 9.87. The second-order valence-electron chi connectivity index (χ2n) is 2.90. The van der Waals surface area contributed by atoms with E-state index >= 15 is 0 Å². The molecule has 0 aliphatic heterocycles. The molecule has 0 aliphatic carbocycles. The van der Waals surface area contributed by atoms with E-state index in [1.807, 2.05) is 30.3 Å². The fourth-order valence-corrected chi connectivity index (χ4v) is 2.04. The van der Waals surface area contributed by atoms with Gasteiger partial charge in [0.15, 0.2) is 0 Å². The Hall–Kier alpha value is -1.68. The van der Waals surface area contributed by atoms with E-state index in [1.165, 1.54) is 11.3 Å². The van der Waals surface area contributed by atoms with Gasteiger partial charge < -0.3 is 4.74 Å². The van der Waals surface area contributed by atoms with Crippen LogP contribution in [0.2, 0.25) is 0 Å². The molecule has 0 spiro atoms. The zero-order valence-electron chi connectivity index (χ0n) is 7.92. The van der Waals surface area contributed by atoms with Gasteiger partial charge in [-0.3, -0.25) is 4.79 Å². The van der Waals surface area contributed by atoms with E-state index in [1.54, 1.807) is 6.20 Å². The molecule has 0 amide bonds. The molecule has 0 N–H and O–H groups in total. The van der Waals surface area contributed by atoms with E-state index in [-0.39, 0.29) is 0 Å². The lowest BCUT2D eigenvalue weighted by molar-refractivity contribution is -0.129. The average molecular weight is 219 g/mol. The lowest BCUT2D eigenvalue weighted by Crippen LogP contribution is -1.84. The maximum absolute atomic E-state index is 10.0. The first kappa shape index (κ1) is 9.86. The zero-order chi connectivity index (χ0) is 10.5. The molecular formula is C11H9NO2S. The van der Waals surface area contributed by atoms with E-state index in [4.69, 9.17) is 0 Å². The van der Waals surface area contributed by atoms with Crippen LogP contribution in [0.3, 0.4) is 0 Å². The van der Waals surface area contributed by atoms with Gasteiger partial charge in [0.05, 0.1) is 4.88 Å². The largest absolute Gasteiger partial charge is 0.462 e. The number of rotatable bonds is 4. The maximum Gasteiger partial charge on any atom is 0.293 e. The lowest BCUT2D eigenvalue weighted by atomic mass is 10.2. The summed E-state index contributed by atoms with van der Waals surface area (Å²) in [7, 11) is 0. The molecule has 0 aliphatic rings. The standard InChI is InChI=1S/C11H9NO2S/c13-8-14-7-10-6-12-11(15-10)9-4-2-1-3-5-9/h1-6,8H,7H2. The van der Waals surface area contributed by atoms with Crippen LogP contribution in [0, 0.1) is 0 Å². The van der Waals surface area contributed by atoms with Crippen molar-refractivity contribution in [2.24, 2.45) is 0 Å². The highest BCUT2D eigenvalue weighted by molar-refractivity contribution is 7.15. The predicted octanol–water partition coefficient (Wildman–Crippen LogP) is 2.48. The van der Waals surface area contributed by atoms with Crippen molar-refractivity contribution in [1.29, 1.82) is 0 Å². The van der Waals surface area contributed by atoms with Crippen molar-refractivity contribution in [2.45, 2.75) is 6.61 Å². The SMILES string of the molecule is O=COCc1cnc(-c2ccccc2)s1. The third-order valence-electron chi connectivity index (χ3n) is 1.87. The second kappa shape index (κ2) is 4.70. The Bertz CT molecular complexity index is 439. The Kier molecular flexibility index (Phi) is 3.09. The highest BCUT2D eigenvalue weighted by Gasteiger charge is 2.03. The van der Waals surface area contributed by atoms with E-state index in [0.29, 0.717) is 13.1 Å². The first-order valence-electron chi connectivity index (χ1n) is 4.45. The first-order chi connectivity index (χ1) is 7.40. The minimum Gasteiger partial charge on any atom is -0.462 e. The van der Waals surface area contributed by atoms with Gasteiger partial charge in [-0.05, 0) is 0 Å². The van der Waals surface area contributed by atoms with Crippen molar-refractivity contribution in [1.82, 2.24) is 4.98 Å². The molecule has 4 heteroatoms. The summed E-state index contributed by atoms with van der Waals surface area (Å²) in [5.74, 6) is 0. The number of ether oxygens (including phenoxy) is 1. The molecular weight excluding hydrogens is 210 g/mol.